The van der Waals surface area contributed by atoms with Crippen LogP contribution in [0, 0.1) is 0 Å². The predicted molar refractivity (Wildman–Crippen MR) is 81.8 cm³/mol. The molecule has 4 nitrogen and oxygen atoms in total. The van der Waals surface area contributed by atoms with E-state index in [-0.39, 0.29) is 11.9 Å². The number of hydrogen-bond acceptors (Lipinski definition) is 2. The number of anilines is 1. The second-order valence-electron chi connectivity index (χ2n) is 4.91. The molecule has 106 valence electrons. The Morgan fingerprint density at radius 2 is 1.95 bits per heavy atom. The number of hydrogen-bond donors (Lipinski definition) is 1. The molecule has 5 heteroatoms. The first-order chi connectivity index (χ1) is 9.40. The summed E-state index contributed by atoms with van der Waals surface area (Å²) in [4.78, 5) is 14.2. The highest BCUT2D eigenvalue weighted by atomic mass is 35.5. The Hall–Kier alpha value is -1.94. The molecule has 0 radical (unpaired) electrons. The van der Waals surface area contributed by atoms with Gasteiger partial charge in [0, 0.05) is 25.3 Å². The van der Waals surface area contributed by atoms with Crippen molar-refractivity contribution >= 4 is 23.2 Å². The lowest BCUT2D eigenvalue weighted by Gasteiger charge is -2.25. The summed E-state index contributed by atoms with van der Waals surface area (Å²) in [5.74, 6) is -0.0633. The Morgan fingerprint density at radius 3 is 2.45 bits per heavy atom. The minimum Gasteiger partial charge on any atom is -0.397 e. The SMILES string of the molecule is CC(c1ccc(Cl)cc1)N(C)C(=O)c1cc(N)cn1C. The summed E-state index contributed by atoms with van der Waals surface area (Å²) >= 11 is 5.88. The molecule has 1 aromatic heterocycles. The van der Waals surface area contributed by atoms with Crippen LogP contribution in [0.3, 0.4) is 0 Å². The number of nitrogens with two attached hydrogens (primary N) is 1. The number of amides is 1. The van der Waals surface area contributed by atoms with Crippen molar-refractivity contribution in [2.75, 3.05) is 12.8 Å². The van der Waals surface area contributed by atoms with Crippen molar-refractivity contribution in [3.05, 3.63) is 52.8 Å². The first kappa shape index (κ1) is 14.5. The van der Waals surface area contributed by atoms with E-state index in [1.54, 1.807) is 28.8 Å². The minimum atomic E-state index is -0.0633. The molecule has 0 aliphatic heterocycles. The van der Waals surface area contributed by atoms with E-state index in [2.05, 4.69) is 0 Å². The number of aryl methyl sites for hydroxylation is 1. The second kappa shape index (κ2) is 5.59. The van der Waals surface area contributed by atoms with E-state index in [4.69, 9.17) is 17.3 Å². The van der Waals surface area contributed by atoms with E-state index in [0.29, 0.717) is 16.4 Å². The van der Waals surface area contributed by atoms with Gasteiger partial charge in [0.1, 0.15) is 5.69 Å². The number of aromatic nitrogens is 1. The van der Waals surface area contributed by atoms with Crippen LogP contribution in [0.4, 0.5) is 5.69 Å². The third-order valence-electron chi connectivity index (χ3n) is 3.50. The lowest BCUT2D eigenvalue weighted by atomic mass is 10.1. The van der Waals surface area contributed by atoms with Gasteiger partial charge in [0.15, 0.2) is 0 Å². The van der Waals surface area contributed by atoms with Crippen LogP contribution in [0.1, 0.15) is 29.0 Å². The molecule has 1 unspecified atom stereocenters. The van der Waals surface area contributed by atoms with Gasteiger partial charge in [-0.3, -0.25) is 4.79 Å². The summed E-state index contributed by atoms with van der Waals surface area (Å²) in [5.41, 5.74) is 7.91. The first-order valence-corrected chi connectivity index (χ1v) is 6.72. The van der Waals surface area contributed by atoms with Gasteiger partial charge in [-0.2, -0.15) is 0 Å². The highest BCUT2D eigenvalue weighted by Crippen LogP contribution is 2.23. The standard InChI is InChI=1S/C15H18ClN3O/c1-10(11-4-6-12(16)7-5-11)19(3)15(20)14-8-13(17)9-18(14)2/h4-10H,17H2,1-3H3. The van der Waals surface area contributed by atoms with Crippen molar-refractivity contribution in [3.63, 3.8) is 0 Å². The molecule has 1 amide bonds. The summed E-state index contributed by atoms with van der Waals surface area (Å²) in [6.07, 6.45) is 1.73. The predicted octanol–water partition coefficient (Wildman–Crippen LogP) is 3.09. The summed E-state index contributed by atoms with van der Waals surface area (Å²) in [5, 5.41) is 0.685. The lowest BCUT2D eigenvalue weighted by Crippen LogP contribution is -2.30. The van der Waals surface area contributed by atoms with Crippen LogP contribution in [-0.2, 0) is 7.05 Å². The van der Waals surface area contributed by atoms with Gasteiger partial charge in [-0.1, -0.05) is 23.7 Å². The average molecular weight is 292 g/mol. The molecule has 0 saturated carbocycles. The Morgan fingerprint density at radius 1 is 1.35 bits per heavy atom. The molecule has 0 aliphatic carbocycles. The van der Waals surface area contributed by atoms with Crippen LogP contribution < -0.4 is 5.73 Å². The summed E-state index contributed by atoms with van der Waals surface area (Å²) < 4.78 is 1.74. The van der Waals surface area contributed by atoms with Crippen LogP contribution in [0.15, 0.2) is 36.5 Å². The highest BCUT2D eigenvalue weighted by molar-refractivity contribution is 6.30. The monoisotopic (exact) mass is 291 g/mol. The molecule has 0 fully saturated rings. The van der Waals surface area contributed by atoms with Crippen molar-refractivity contribution in [3.8, 4) is 0 Å². The fraction of sp³-hybridized carbons (Fsp3) is 0.267. The molecule has 0 bridgehead atoms. The maximum absolute atomic E-state index is 12.5. The number of rotatable bonds is 3. The molecule has 2 aromatic rings. The maximum Gasteiger partial charge on any atom is 0.270 e. The second-order valence-corrected chi connectivity index (χ2v) is 5.35. The van der Waals surface area contributed by atoms with Crippen LogP contribution >= 0.6 is 11.6 Å². The van der Waals surface area contributed by atoms with Gasteiger partial charge in [0.05, 0.1) is 11.7 Å². The lowest BCUT2D eigenvalue weighted by molar-refractivity contribution is 0.0733. The number of carbonyl (C=O) groups excluding carboxylic acids is 1. The number of halogens is 1. The summed E-state index contributed by atoms with van der Waals surface area (Å²) in [7, 11) is 3.59. The first-order valence-electron chi connectivity index (χ1n) is 6.34. The van der Waals surface area contributed by atoms with E-state index in [1.165, 1.54) is 0 Å². The average Bonchev–Trinajstić information content (AvgIpc) is 2.76. The van der Waals surface area contributed by atoms with Crippen LogP contribution in [-0.4, -0.2) is 22.4 Å². The highest BCUT2D eigenvalue weighted by Gasteiger charge is 2.21. The van der Waals surface area contributed by atoms with E-state index < -0.39 is 0 Å². The van der Waals surface area contributed by atoms with Gasteiger partial charge >= 0.3 is 0 Å². The van der Waals surface area contributed by atoms with Gasteiger partial charge in [0.2, 0.25) is 0 Å². The third-order valence-corrected chi connectivity index (χ3v) is 3.75. The van der Waals surface area contributed by atoms with Crippen molar-refractivity contribution in [2.24, 2.45) is 7.05 Å². The van der Waals surface area contributed by atoms with Gasteiger partial charge < -0.3 is 15.2 Å². The molecule has 2 N–H and O–H groups in total. The fourth-order valence-corrected chi connectivity index (χ4v) is 2.25. The molecule has 1 heterocycles. The van der Waals surface area contributed by atoms with Crippen molar-refractivity contribution < 1.29 is 4.79 Å². The van der Waals surface area contributed by atoms with Crippen molar-refractivity contribution in [1.82, 2.24) is 9.47 Å². The zero-order valence-electron chi connectivity index (χ0n) is 11.8. The smallest absolute Gasteiger partial charge is 0.270 e. The van der Waals surface area contributed by atoms with Crippen molar-refractivity contribution in [2.45, 2.75) is 13.0 Å². The van der Waals surface area contributed by atoms with E-state index in [0.717, 1.165) is 5.56 Å². The van der Waals surface area contributed by atoms with Crippen LogP contribution in [0.5, 0.6) is 0 Å². The van der Waals surface area contributed by atoms with E-state index >= 15 is 0 Å². The number of carbonyl (C=O) groups is 1. The Labute approximate surface area is 123 Å². The van der Waals surface area contributed by atoms with E-state index in [9.17, 15) is 4.79 Å². The molecule has 1 aromatic carbocycles. The van der Waals surface area contributed by atoms with Crippen LogP contribution in [0.2, 0.25) is 5.02 Å². The molecular weight excluding hydrogens is 274 g/mol. The molecule has 0 aliphatic rings. The molecule has 0 spiro atoms. The molecule has 20 heavy (non-hydrogen) atoms. The fourth-order valence-electron chi connectivity index (χ4n) is 2.12. The quantitative estimate of drug-likeness (QED) is 0.945. The van der Waals surface area contributed by atoms with Crippen molar-refractivity contribution in [1.29, 1.82) is 0 Å². The summed E-state index contributed by atoms with van der Waals surface area (Å²) in [6, 6.07) is 9.15. The van der Waals surface area contributed by atoms with Gasteiger partial charge in [0.25, 0.3) is 5.91 Å². The zero-order valence-corrected chi connectivity index (χ0v) is 12.6. The summed E-state index contributed by atoms with van der Waals surface area (Å²) in [6.45, 7) is 1.98. The third kappa shape index (κ3) is 2.80. The van der Waals surface area contributed by atoms with Crippen LogP contribution in [0.25, 0.3) is 0 Å². The largest absolute Gasteiger partial charge is 0.397 e. The number of nitrogen functional groups attached to an aromatic ring is 1. The Balaban J connectivity index is 2.22. The topological polar surface area (TPSA) is 51.3 Å². The maximum atomic E-state index is 12.5. The molecular formula is C15H18ClN3O. The Bertz CT molecular complexity index is 619. The number of benzene rings is 1. The van der Waals surface area contributed by atoms with Gasteiger partial charge in [-0.25, -0.2) is 0 Å². The van der Waals surface area contributed by atoms with Gasteiger partial charge in [-0.05, 0) is 30.7 Å². The Kier molecular flexibility index (Phi) is 4.04. The minimum absolute atomic E-state index is 0.0455. The number of nitrogens with zero attached hydrogens (tertiary/aromatic N) is 2. The normalized spacial score (nSPS) is 12.2. The van der Waals surface area contributed by atoms with E-state index in [1.807, 2.05) is 38.2 Å². The molecule has 1 atom stereocenters. The van der Waals surface area contributed by atoms with Gasteiger partial charge in [-0.15, -0.1) is 0 Å². The molecule has 0 saturated heterocycles. The zero-order chi connectivity index (χ0) is 14.9. The molecule has 2 rings (SSSR count).